The van der Waals surface area contributed by atoms with Gasteiger partial charge in [0.1, 0.15) is 54.9 Å². The first-order chi connectivity index (χ1) is 17.1. The Morgan fingerprint density at radius 1 is 0.811 bits per heavy atom. The molecule has 0 aromatic rings. The van der Waals surface area contributed by atoms with E-state index in [0.717, 1.165) is 6.66 Å². The van der Waals surface area contributed by atoms with Crippen molar-refractivity contribution in [2.24, 2.45) is 0 Å². The summed E-state index contributed by atoms with van der Waals surface area (Å²) in [5.41, 5.74) is 0. The number of ether oxygens (including phenoxy) is 5. The van der Waals surface area contributed by atoms with Crippen molar-refractivity contribution >= 4 is 15.4 Å². The van der Waals surface area contributed by atoms with Crippen LogP contribution >= 0.6 is 15.4 Å². The zero-order valence-electron chi connectivity index (χ0n) is 19.8. The molecule has 2 saturated heterocycles. The van der Waals surface area contributed by atoms with Crippen LogP contribution in [0.4, 0.5) is 0 Å². The molecule has 37 heavy (non-hydrogen) atoms. The largest absolute Gasteiger partial charge is 0.469 e. The highest BCUT2D eigenvalue weighted by molar-refractivity contribution is 7.51. The van der Waals surface area contributed by atoms with Crippen LogP contribution in [0.2, 0.25) is 0 Å². The molecule has 2 aliphatic rings. The molecule has 18 nitrogen and oxygen atoms in total. The van der Waals surface area contributed by atoms with Crippen LogP contribution in [0, 0.1) is 0 Å². The third kappa shape index (κ3) is 9.75. The Labute approximate surface area is 211 Å². The highest BCUT2D eigenvalue weighted by atomic mass is 31.2. The third-order valence-electron chi connectivity index (χ3n) is 5.37. The molecule has 9 N–H and O–H groups in total. The molecule has 2 fully saturated rings. The first-order valence-corrected chi connectivity index (χ1v) is 14.4. The topological polar surface area (TPSA) is 281 Å². The molecule has 0 radical (unpaired) electrons. The van der Waals surface area contributed by atoms with Crippen LogP contribution in [0.1, 0.15) is 0 Å². The first-order valence-electron chi connectivity index (χ1n) is 10.8. The van der Waals surface area contributed by atoms with Crippen LogP contribution in [0.15, 0.2) is 0 Å². The molecular weight excluding hydrogens is 554 g/mol. The Hall–Kier alpha value is -0.180. The van der Waals surface area contributed by atoms with Gasteiger partial charge in [-0.15, -0.1) is 0 Å². The monoisotopic (exact) mass is 588 g/mol. The van der Waals surface area contributed by atoms with Gasteiger partial charge >= 0.3 is 15.4 Å². The number of hydrogen-bond donors (Lipinski definition) is 9. The van der Waals surface area contributed by atoms with E-state index in [4.69, 9.17) is 38.0 Å². The lowest BCUT2D eigenvalue weighted by Crippen LogP contribution is -2.65. The van der Waals surface area contributed by atoms with Crippen LogP contribution < -0.4 is 0 Å². The van der Waals surface area contributed by atoms with Gasteiger partial charge in [-0.05, 0) is 0 Å². The van der Waals surface area contributed by atoms with Gasteiger partial charge in [-0.2, -0.15) is 0 Å². The van der Waals surface area contributed by atoms with Gasteiger partial charge in [-0.25, -0.2) is 4.57 Å². The Morgan fingerprint density at radius 2 is 1.38 bits per heavy atom. The van der Waals surface area contributed by atoms with Gasteiger partial charge < -0.3 is 73.5 Å². The maximum absolute atomic E-state index is 11.6. The molecule has 12 atom stereocenters. The smallest absolute Gasteiger partial charge is 0.394 e. The van der Waals surface area contributed by atoms with E-state index in [1.54, 1.807) is 0 Å². The number of hydrogen-bond acceptors (Lipinski definition) is 15. The summed E-state index contributed by atoms with van der Waals surface area (Å²) in [7, 11) is -7.87. The first kappa shape index (κ1) is 33.0. The summed E-state index contributed by atoms with van der Waals surface area (Å²) in [6.07, 6.45) is -18.4. The second kappa shape index (κ2) is 13.9. The van der Waals surface area contributed by atoms with Gasteiger partial charge in [0.15, 0.2) is 12.6 Å². The summed E-state index contributed by atoms with van der Waals surface area (Å²) in [5, 5.41) is 60.8. The molecule has 0 saturated carbocycles. The van der Waals surface area contributed by atoms with Crippen molar-refractivity contribution in [3.05, 3.63) is 0 Å². The van der Waals surface area contributed by atoms with Crippen LogP contribution in [-0.2, 0) is 41.9 Å². The van der Waals surface area contributed by atoms with E-state index in [1.807, 2.05) is 0 Å². The van der Waals surface area contributed by atoms with Crippen LogP contribution in [0.3, 0.4) is 0 Å². The van der Waals surface area contributed by atoms with E-state index in [1.165, 1.54) is 7.11 Å². The fraction of sp³-hybridized carbons (Fsp3) is 1.00. The quantitative estimate of drug-likeness (QED) is 0.0918. The minimum atomic E-state index is -5.03. The number of aliphatic hydroxyl groups is 6. The number of aliphatic hydroxyl groups excluding tert-OH is 6. The number of rotatable bonds is 13. The number of phosphoric acid groups is 1. The van der Waals surface area contributed by atoms with Crippen molar-refractivity contribution in [2.45, 2.75) is 67.5 Å². The molecule has 0 spiro atoms. The third-order valence-corrected chi connectivity index (χ3v) is 6.48. The van der Waals surface area contributed by atoms with E-state index >= 15 is 0 Å². The minimum Gasteiger partial charge on any atom is -0.394 e. The molecule has 2 aliphatic heterocycles. The molecule has 0 aliphatic carbocycles. The molecule has 0 aromatic heterocycles. The lowest BCUT2D eigenvalue weighted by molar-refractivity contribution is -0.372. The standard InChI is InChI=1S/C17H34O18P2/c1-29-6-9-11(20)13(22)15(35-16-14(23)12(21)10(19)8(3-18)33-16)17(34-9)32-7(4-30-36(2,24)25)5-31-37(26,27)28/h7-23H,3-6H2,1-2H3,(H,24,25)(H2,26,27,28)/t7?,8-,9?,10+,11+,12?,13-,14?,15?,16+,17-/m0/s1. The summed E-state index contributed by atoms with van der Waals surface area (Å²) >= 11 is 0. The zero-order chi connectivity index (χ0) is 28.1. The van der Waals surface area contributed by atoms with Crippen molar-refractivity contribution in [2.75, 3.05) is 40.2 Å². The summed E-state index contributed by atoms with van der Waals surface area (Å²) in [4.78, 5) is 27.4. The Kier molecular flexibility index (Phi) is 12.4. The molecule has 0 bridgehead atoms. The molecule has 220 valence electrons. The van der Waals surface area contributed by atoms with Crippen molar-refractivity contribution in [1.29, 1.82) is 0 Å². The van der Waals surface area contributed by atoms with Crippen molar-refractivity contribution in [3.8, 4) is 0 Å². The van der Waals surface area contributed by atoms with Gasteiger partial charge in [-0.1, -0.05) is 0 Å². The predicted octanol–water partition coefficient (Wildman–Crippen LogP) is -4.41. The summed E-state index contributed by atoms with van der Waals surface area (Å²) < 4.78 is 58.7. The summed E-state index contributed by atoms with van der Waals surface area (Å²) in [6.45, 7) is -1.88. The molecule has 2 heterocycles. The number of phosphoric ester groups is 1. The maximum atomic E-state index is 11.6. The van der Waals surface area contributed by atoms with Crippen LogP contribution in [0.25, 0.3) is 0 Å². The molecular formula is C17H34O18P2. The van der Waals surface area contributed by atoms with E-state index in [-0.39, 0.29) is 6.61 Å². The van der Waals surface area contributed by atoms with E-state index < -0.39 is 103 Å². The molecule has 0 aromatic carbocycles. The lowest BCUT2D eigenvalue weighted by Gasteiger charge is -2.46. The Balaban J connectivity index is 2.30. The van der Waals surface area contributed by atoms with Crippen LogP contribution in [0.5, 0.6) is 0 Å². The summed E-state index contributed by atoms with van der Waals surface area (Å²) in [5.74, 6) is 0. The van der Waals surface area contributed by atoms with E-state index in [9.17, 15) is 44.7 Å². The molecule has 20 heteroatoms. The SMILES string of the molecule is COCC1O[C@H](OC(COP(C)(=O)O)COP(=O)(O)O)C(O[C@H]2O[C@@H](CO)[C@@H](O)C(O)C2O)[C@@H](O)[C@@H]1O. The highest BCUT2D eigenvalue weighted by Gasteiger charge is 2.51. The fourth-order valence-corrected chi connectivity index (χ4v) is 4.32. The molecule has 2 rings (SSSR count). The van der Waals surface area contributed by atoms with Crippen LogP contribution in [-0.4, -0.2) is 153 Å². The minimum absolute atomic E-state index is 0.272. The van der Waals surface area contributed by atoms with Crippen molar-refractivity contribution in [3.63, 3.8) is 0 Å². The summed E-state index contributed by atoms with van der Waals surface area (Å²) in [6, 6.07) is 0. The second-order valence-corrected chi connectivity index (χ2v) is 11.5. The van der Waals surface area contributed by atoms with E-state index in [0.29, 0.717) is 0 Å². The van der Waals surface area contributed by atoms with Gasteiger partial charge in [0, 0.05) is 13.8 Å². The van der Waals surface area contributed by atoms with Gasteiger partial charge in [0.2, 0.25) is 0 Å². The Bertz CT molecular complexity index is 762. The lowest BCUT2D eigenvalue weighted by atomic mass is 9.97. The highest BCUT2D eigenvalue weighted by Crippen LogP contribution is 2.39. The predicted molar refractivity (Wildman–Crippen MR) is 116 cm³/mol. The van der Waals surface area contributed by atoms with Crippen molar-refractivity contribution < 1.29 is 87.2 Å². The van der Waals surface area contributed by atoms with Gasteiger partial charge in [0.25, 0.3) is 0 Å². The Morgan fingerprint density at radius 3 is 1.92 bits per heavy atom. The van der Waals surface area contributed by atoms with Gasteiger partial charge in [-0.3, -0.25) is 9.09 Å². The normalized spacial score (nSPS) is 39.8. The zero-order valence-corrected chi connectivity index (χ0v) is 21.6. The fourth-order valence-electron chi connectivity index (χ4n) is 3.51. The molecule has 6 unspecified atom stereocenters. The number of methoxy groups -OCH3 is 1. The van der Waals surface area contributed by atoms with Crippen molar-refractivity contribution in [1.82, 2.24) is 0 Å². The maximum Gasteiger partial charge on any atom is 0.469 e. The average molecular weight is 588 g/mol. The van der Waals surface area contributed by atoms with Gasteiger partial charge in [0.05, 0.1) is 26.4 Å². The molecule has 0 amide bonds. The second-order valence-electron chi connectivity index (χ2n) is 8.42. The average Bonchev–Trinajstić information content (AvgIpc) is 2.80. The van der Waals surface area contributed by atoms with E-state index in [2.05, 4.69) is 4.52 Å².